The van der Waals surface area contributed by atoms with Gasteiger partial charge in [0.1, 0.15) is 17.4 Å². The monoisotopic (exact) mass is 506 g/mol. The van der Waals surface area contributed by atoms with E-state index in [-0.39, 0.29) is 16.5 Å². The number of nitrogens with one attached hydrogen (secondary N) is 1. The van der Waals surface area contributed by atoms with Crippen LogP contribution in [0.1, 0.15) is 5.56 Å². The van der Waals surface area contributed by atoms with Crippen LogP contribution in [-0.2, 0) is 7.05 Å². The van der Waals surface area contributed by atoms with Crippen LogP contribution in [0.3, 0.4) is 0 Å². The Labute approximate surface area is 197 Å². The van der Waals surface area contributed by atoms with Gasteiger partial charge >= 0.3 is 0 Å². The quantitative estimate of drug-likeness (QED) is 0.370. The Morgan fingerprint density at radius 3 is 2.38 bits per heavy atom. The van der Waals surface area contributed by atoms with E-state index >= 15 is 0 Å². The summed E-state index contributed by atoms with van der Waals surface area (Å²) in [6.45, 7) is 0. The highest BCUT2D eigenvalue weighted by Crippen LogP contribution is 2.29. The highest BCUT2D eigenvalue weighted by Gasteiger charge is 2.21. The Morgan fingerprint density at radius 1 is 1.09 bits per heavy atom. The second-order valence-electron chi connectivity index (χ2n) is 7.02. The van der Waals surface area contributed by atoms with Crippen LogP contribution in [0.25, 0.3) is 22.5 Å². The summed E-state index contributed by atoms with van der Waals surface area (Å²) < 4.78 is 17.3. The summed E-state index contributed by atoms with van der Waals surface area (Å²) in [5, 5.41) is 12.9. The van der Waals surface area contributed by atoms with Crippen molar-refractivity contribution in [1.82, 2.24) is 9.13 Å². The molecule has 158 valence electrons. The van der Waals surface area contributed by atoms with Crippen molar-refractivity contribution in [1.29, 1.82) is 5.26 Å². The number of hydrogen-bond acceptors (Lipinski definition) is 3. The summed E-state index contributed by atoms with van der Waals surface area (Å²) in [5.41, 5.74) is 2.49. The predicted octanol–water partition coefficient (Wildman–Crippen LogP) is 5.54. The summed E-state index contributed by atoms with van der Waals surface area (Å²) in [7, 11) is 1.85. The van der Waals surface area contributed by atoms with Crippen molar-refractivity contribution in [2.45, 2.75) is 0 Å². The van der Waals surface area contributed by atoms with Crippen LogP contribution in [0, 0.1) is 17.1 Å². The largest absolute Gasteiger partial charge is 0.351 e. The molecule has 2 heterocycles. The van der Waals surface area contributed by atoms with Crippen LogP contribution in [0.2, 0.25) is 0 Å². The van der Waals surface area contributed by atoms with Gasteiger partial charge in [-0.3, -0.25) is 9.36 Å². The minimum absolute atomic E-state index is 0.0177. The molecule has 0 amide bonds. The lowest BCUT2D eigenvalue weighted by molar-refractivity contribution is 0.628. The van der Waals surface area contributed by atoms with Crippen molar-refractivity contribution in [3.63, 3.8) is 0 Å². The van der Waals surface area contributed by atoms with E-state index in [1.807, 2.05) is 60.3 Å². The average molecular weight is 507 g/mol. The third-order valence-corrected chi connectivity index (χ3v) is 5.79. The molecule has 32 heavy (non-hydrogen) atoms. The molecule has 0 aliphatic carbocycles. The summed E-state index contributed by atoms with van der Waals surface area (Å²) in [5.74, 6) is -0.382. The fourth-order valence-corrected chi connectivity index (χ4v) is 3.97. The first-order valence-corrected chi connectivity index (χ1v) is 10.7. The molecule has 2 aromatic heterocycles. The van der Waals surface area contributed by atoms with Gasteiger partial charge in [-0.05, 0) is 72.4 Å². The molecule has 1 N–H and O–H groups in total. The van der Waals surface area contributed by atoms with E-state index in [1.54, 1.807) is 6.07 Å². The first-order chi connectivity index (χ1) is 15.4. The van der Waals surface area contributed by atoms with Crippen molar-refractivity contribution in [3.8, 4) is 28.6 Å². The van der Waals surface area contributed by atoms with Gasteiger partial charge in [0.2, 0.25) is 0 Å². The lowest BCUT2D eigenvalue weighted by Crippen LogP contribution is -2.34. The van der Waals surface area contributed by atoms with Gasteiger partial charge in [0.25, 0.3) is 5.56 Å². The SMILES string of the molecule is Cn1cccc1-c1cc(-c2ccc(Br)cc2)n(C(=S)Nc2ccc(F)cc2)c(=O)c1C#N. The summed E-state index contributed by atoms with van der Waals surface area (Å²) in [4.78, 5) is 13.5. The third-order valence-electron chi connectivity index (χ3n) is 4.98. The molecular weight excluding hydrogens is 491 g/mol. The molecule has 2 aromatic carbocycles. The molecule has 4 rings (SSSR count). The number of anilines is 1. The van der Waals surface area contributed by atoms with E-state index in [2.05, 4.69) is 21.2 Å². The average Bonchev–Trinajstić information content (AvgIpc) is 3.20. The van der Waals surface area contributed by atoms with Crippen LogP contribution >= 0.6 is 28.1 Å². The molecule has 0 radical (unpaired) electrons. The molecule has 0 aliphatic heterocycles. The Kier molecular flexibility index (Phi) is 6.04. The van der Waals surface area contributed by atoms with E-state index in [9.17, 15) is 14.4 Å². The summed E-state index contributed by atoms with van der Waals surface area (Å²) in [6, 6.07) is 20.6. The smallest absolute Gasteiger partial charge is 0.275 e. The molecule has 8 heteroatoms. The Hall–Kier alpha value is -3.54. The second-order valence-corrected chi connectivity index (χ2v) is 8.32. The zero-order valence-corrected chi connectivity index (χ0v) is 19.2. The Morgan fingerprint density at radius 2 is 1.78 bits per heavy atom. The molecule has 0 bridgehead atoms. The molecule has 0 aliphatic rings. The molecule has 5 nitrogen and oxygen atoms in total. The van der Waals surface area contributed by atoms with Gasteiger partial charge in [0.15, 0.2) is 5.11 Å². The highest BCUT2D eigenvalue weighted by atomic mass is 79.9. The van der Waals surface area contributed by atoms with Crippen molar-refractivity contribution in [2.24, 2.45) is 7.05 Å². The van der Waals surface area contributed by atoms with Gasteiger partial charge in [-0.15, -0.1) is 0 Å². The fraction of sp³-hybridized carbons (Fsp3) is 0.0417. The standard InChI is InChI=1S/C24H16BrFN4OS/c1-29-12-2-3-21(29)19-13-22(15-4-6-16(25)7-5-15)30(23(31)20(19)14-27)24(32)28-18-10-8-17(26)9-11-18/h2-13H,1H3,(H,28,32). The van der Waals surface area contributed by atoms with E-state index < -0.39 is 5.56 Å². The van der Waals surface area contributed by atoms with Crippen molar-refractivity contribution >= 4 is 38.9 Å². The third kappa shape index (κ3) is 4.13. The van der Waals surface area contributed by atoms with Gasteiger partial charge < -0.3 is 9.88 Å². The number of benzene rings is 2. The van der Waals surface area contributed by atoms with Crippen LogP contribution < -0.4 is 10.9 Å². The minimum atomic E-state index is -0.538. The van der Waals surface area contributed by atoms with E-state index in [0.29, 0.717) is 16.9 Å². The number of hydrogen-bond donors (Lipinski definition) is 1. The molecule has 0 saturated heterocycles. The fourth-order valence-electron chi connectivity index (χ4n) is 3.41. The normalized spacial score (nSPS) is 10.6. The maximum absolute atomic E-state index is 13.5. The predicted molar refractivity (Wildman–Crippen MR) is 131 cm³/mol. The van der Waals surface area contributed by atoms with E-state index in [4.69, 9.17) is 12.2 Å². The number of rotatable bonds is 3. The zero-order valence-electron chi connectivity index (χ0n) is 16.8. The number of aryl methyl sites for hydroxylation is 1. The maximum atomic E-state index is 13.5. The number of nitriles is 1. The van der Waals surface area contributed by atoms with Crippen LogP contribution in [0.5, 0.6) is 0 Å². The number of thiocarbonyl (C=S) groups is 1. The molecule has 0 atom stereocenters. The van der Waals surface area contributed by atoms with Crippen LogP contribution in [0.15, 0.2) is 82.2 Å². The minimum Gasteiger partial charge on any atom is -0.351 e. The maximum Gasteiger partial charge on any atom is 0.275 e. The van der Waals surface area contributed by atoms with Gasteiger partial charge in [0, 0.05) is 34.7 Å². The Bertz CT molecular complexity index is 1420. The molecule has 0 fully saturated rings. The number of halogens is 2. The molecular formula is C24H16BrFN4OS. The van der Waals surface area contributed by atoms with Crippen molar-refractivity contribution in [3.05, 3.63) is 99.1 Å². The lowest BCUT2D eigenvalue weighted by Gasteiger charge is -2.18. The molecule has 4 aromatic rings. The Balaban J connectivity index is 1.95. The van der Waals surface area contributed by atoms with E-state index in [1.165, 1.54) is 28.8 Å². The van der Waals surface area contributed by atoms with Gasteiger partial charge in [-0.25, -0.2) is 4.39 Å². The van der Waals surface area contributed by atoms with Gasteiger partial charge in [-0.2, -0.15) is 5.26 Å². The molecule has 0 unspecified atom stereocenters. The zero-order chi connectivity index (χ0) is 22.8. The van der Waals surface area contributed by atoms with Crippen molar-refractivity contribution < 1.29 is 4.39 Å². The molecule has 0 saturated carbocycles. The van der Waals surface area contributed by atoms with E-state index in [0.717, 1.165) is 15.7 Å². The summed E-state index contributed by atoms with van der Waals surface area (Å²) in [6.07, 6.45) is 1.85. The van der Waals surface area contributed by atoms with Crippen LogP contribution in [0.4, 0.5) is 10.1 Å². The first kappa shape index (κ1) is 21.7. The van der Waals surface area contributed by atoms with Crippen molar-refractivity contribution in [2.75, 3.05) is 5.32 Å². The summed E-state index contributed by atoms with van der Waals surface area (Å²) >= 11 is 8.97. The topological polar surface area (TPSA) is 62.8 Å². The van der Waals surface area contributed by atoms with Gasteiger partial charge in [-0.1, -0.05) is 28.1 Å². The number of nitrogens with zero attached hydrogens (tertiary/aromatic N) is 3. The number of pyridine rings is 1. The van der Waals surface area contributed by atoms with Gasteiger partial charge in [0.05, 0.1) is 5.69 Å². The highest BCUT2D eigenvalue weighted by molar-refractivity contribution is 9.10. The molecule has 0 spiro atoms. The first-order valence-electron chi connectivity index (χ1n) is 9.54. The van der Waals surface area contributed by atoms with Crippen LogP contribution in [-0.4, -0.2) is 14.2 Å². The number of aromatic nitrogens is 2. The lowest BCUT2D eigenvalue weighted by atomic mass is 10.0. The second kappa shape index (κ2) is 8.91.